The van der Waals surface area contributed by atoms with E-state index in [1.165, 1.54) is 0 Å². The molecule has 0 heterocycles. The third kappa shape index (κ3) is 8.17. The zero-order valence-corrected chi connectivity index (χ0v) is 20.6. The predicted octanol–water partition coefficient (Wildman–Crippen LogP) is 6.43. The number of hydrogen-bond donors (Lipinski definition) is 0. The summed E-state index contributed by atoms with van der Waals surface area (Å²) in [6.45, 7) is 0. The molecule has 0 saturated heterocycles. The largest absolute Gasteiger partial charge is 2.00 e. The van der Waals surface area contributed by atoms with Crippen molar-refractivity contribution in [3.8, 4) is 0 Å². The second-order valence-corrected chi connectivity index (χ2v) is 7.66. The van der Waals surface area contributed by atoms with E-state index in [-0.39, 0.29) is 19.5 Å². The molecule has 0 unspecified atom stereocenters. The smallest absolute Gasteiger partial charge is 0.428 e. The molecule has 2 aromatic rings. The molecule has 0 bridgehead atoms. The Morgan fingerprint density at radius 1 is 0.696 bits per heavy atom. The molecule has 0 atom stereocenters. The van der Waals surface area contributed by atoms with Gasteiger partial charge in [0, 0.05) is 20.1 Å². The third-order valence-electron chi connectivity index (χ3n) is 2.30. The minimum Gasteiger partial charge on any atom is -0.428 e. The normalized spacial score (nSPS) is 9.22. The molecule has 0 aliphatic rings. The van der Waals surface area contributed by atoms with Crippen LogP contribution in [0.2, 0.25) is 20.1 Å². The van der Waals surface area contributed by atoms with Crippen molar-refractivity contribution in [2.24, 2.45) is 0 Å². The first-order valence-corrected chi connectivity index (χ1v) is 8.69. The van der Waals surface area contributed by atoms with Gasteiger partial charge in [-0.2, -0.15) is 0 Å². The molecule has 0 amide bonds. The topological polar surface area (TPSA) is 0 Å². The summed E-state index contributed by atoms with van der Waals surface area (Å²) in [7, 11) is 0. The Morgan fingerprint density at radius 3 is 1.22 bits per heavy atom. The van der Waals surface area contributed by atoms with E-state index in [1.54, 1.807) is 36.4 Å². The van der Waals surface area contributed by atoms with Crippen LogP contribution in [0, 0.1) is 0 Å². The molecule has 9 heteroatoms. The van der Waals surface area contributed by atoms with Crippen LogP contribution in [0.4, 0.5) is 0 Å². The molecule has 0 nitrogen and oxygen atoms in total. The second kappa shape index (κ2) is 11.5. The summed E-state index contributed by atoms with van der Waals surface area (Å²) in [5.74, 6) is 0. The number of benzene rings is 2. The molecule has 2 rings (SSSR count). The quantitative estimate of drug-likeness (QED) is 0.260. The first-order valence-electron chi connectivity index (χ1n) is 5.55. The fraction of sp³-hybridized carbons (Fsp3) is 0. The van der Waals surface area contributed by atoms with Gasteiger partial charge in [0.25, 0.3) is 0 Å². The number of hydrogen-bond acceptors (Lipinski definition) is 4. The van der Waals surface area contributed by atoms with Crippen molar-refractivity contribution in [1.82, 2.24) is 0 Å². The van der Waals surface area contributed by atoms with Gasteiger partial charge in [-0.05, 0) is 35.4 Å². The van der Waals surface area contributed by atoms with E-state index in [4.69, 9.17) is 96.1 Å². The maximum Gasteiger partial charge on any atom is 2.00 e. The van der Waals surface area contributed by atoms with Crippen molar-refractivity contribution in [2.45, 2.75) is 0 Å². The Morgan fingerprint density at radius 2 is 1.00 bits per heavy atom. The van der Waals surface area contributed by atoms with Gasteiger partial charge >= 0.3 is 19.5 Å². The number of rotatable bonds is 2. The first-order chi connectivity index (χ1) is 10.2. The van der Waals surface area contributed by atoms with E-state index < -0.39 is 0 Å². The summed E-state index contributed by atoms with van der Waals surface area (Å²) in [4.78, 5) is 0. The van der Waals surface area contributed by atoms with Gasteiger partial charge in [-0.3, -0.25) is 0 Å². The molecule has 23 heavy (non-hydrogen) atoms. The van der Waals surface area contributed by atoms with Gasteiger partial charge in [0.15, 0.2) is 0 Å². The van der Waals surface area contributed by atoms with Crippen molar-refractivity contribution in [3.63, 3.8) is 0 Å². The van der Waals surface area contributed by atoms with E-state index in [0.29, 0.717) is 39.6 Å². The minimum absolute atomic E-state index is 0. The molecule has 2 aromatic carbocycles. The van der Waals surface area contributed by atoms with Crippen LogP contribution in [0.5, 0.6) is 0 Å². The van der Waals surface area contributed by atoms with Crippen molar-refractivity contribution >= 4 is 104 Å². The van der Waals surface area contributed by atoms with Crippen molar-refractivity contribution in [2.75, 3.05) is 0 Å². The third-order valence-corrected chi connectivity index (χ3v) is 4.28. The Balaban J connectivity index is 0.000000403. The summed E-state index contributed by atoms with van der Waals surface area (Å²) in [5, 5.41) is 2.20. The second-order valence-electron chi connectivity index (χ2n) is 3.82. The van der Waals surface area contributed by atoms with Gasteiger partial charge in [0.1, 0.15) is 0 Å². The number of halogens is 4. The first kappa shape index (κ1) is 23.8. The van der Waals surface area contributed by atoms with Crippen LogP contribution in [0.3, 0.4) is 0 Å². The summed E-state index contributed by atoms with van der Waals surface area (Å²) in [6, 6.07) is 10.1. The molecule has 0 aliphatic carbocycles. The van der Waals surface area contributed by atoms with Gasteiger partial charge in [0.05, 0.1) is 0 Å². The summed E-state index contributed by atoms with van der Waals surface area (Å²) < 4.78 is 0.735. The minimum atomic E-state index is 0. The summed E-state index contributed by atoms with van der Waals surface area (Å²) in [6.07, 6.45) is 0. The zero-order valence-electron chi connectivity index (χ0n) is 11.3. The molecule has 0 aromatic heterocycles. The van der Waals surface area contributed by atoms with Crippen molar-refractivity contribution < 1.29 is 19.5 Å². The van der Waals surface area contributed by atoms with Gasteiger partial charge in [-0.15, -0.1) is 8.39 Å². The zero-order chi connectivity index (χ0) is 16.9. The summed E-state index contributed by atoms with van der Waals surface area (Å²) in [5.41, 5.74) is 1.39. The summed E-state index contributed by atoms with van der Waals surface area (Å²) >= 11 is 42.0. The van der Waals surface area contributed by atoms with E-state index >= 15 is 0 Å². The molecular weight excluding hydrogens is 504 g/mol. The van der Waals surface area contributed by atoms with E-state index in [0.717, 1.165) is 0 Å². The van der Waals surface area contributed by atoms with Crippen LogP contribution in [0.15, 0.2) is 36.4 Å². The molecule has 0 N–H and O–H groups in total. The van der Waals surface area contributed by atoms with Gasteiger partial charge in [0.2, 0.25) is 0 Å². The van der Waals surface area contributed by atoms with Crippen LogP contribution < -0.4 is 0 Å². The van der Waals surface area contributed by atoms with Crippen LogP contribution in [0.1, 0.15) is 11.1 Å². The Labute approximate surface area is 189 Å². The molecule has 0 radical (unpaired) electrons. The average Bonchev–Trinajstić information content (AvgIpc) is 2.38. The average molecular weight is 510 g/mol. The van der Waals surface area contributed by atoms with Crippen LogP contribution in [-0.4, -0.2) is 8.39 Å². The monoisotopic (exact) mass is 506 g/mol. The maximum absolute atomic E-state index is 5.79. The molecule has 0 aliphatic heterocycles. The van der Waals surface area contributed by atoms with Gasteiger partial charge in [-0.1, -0.05) is 58.5 Å². The fourth-order valence-corrected chi connectivity index (χ4v) is 3.25. The van der Waals surface area contributed by atoms with Crippen molar-refractivity contribution in [3.05, 3.63) is 67.6 Å². The van der Waals surface area contributed by atoms with E-state index in [2.05, 4.69) is 0 Å². The maximum atomic E-state index is 5.79. The SMILES string of the molecule is S=C([S-])c1ccc(Cl)cc1Cl.S=C([S-])c1ccc(Cl)cc1Cl.[Zn+2]. The molecular formula is C14H6Cl4S4Zn. The van der Waals surface area contributed by atoms with E-state index in [9.17, 15) is 0 Å². The predicted molar refractivity (Wildman–Crippen MR) is 111 cm³/mol. The van der Waals surface area contributed by atoms with Crippen LogP contribution >= 0.6 is 70.8 Å². The van der Waals surface area contributed by atoms with Gasteiger partial charge < -0.3 is 49.7 Å². The molecule has 0 spiro atoms. The Hall–Kier alpha value is 0.843. The molecule has 116 valence electrons. The van der Waals surface area contributed by atoms with Crippen molar-refractivity contribution in [1.29, 1.82) is 0 Å². The van der Waals surface area contributed by atoms with Crippen LogP contribution in [-0.2, 0) is 44.7 Å². The molecule has 0 fully saturated rings. The Kier molecular flexibility index (Phi) is 11.9. The van der Waals surface area contributed by atoms with Crippen LogP contribution in [0.25, 0.3) is 0 Å². The van der Waals surface area contributed by atoms with E-state index in [1.807, 2.05) is 0 Å². The number of thiocarbonyl (C=S) groups is 2. The molecule has 0 saturated carbocycles. The standard InChI is InChI=1S/2C7H4Cl2S2.Zn/c2*8-4-1-2-5(7(10)11)6(9)3-4;/h2*1-3H,(H,10,11);/q;;+2/p-2. The van der Waals surface area contributed by atoms with Gasteiger partial charge in [-0.25, -0.2) is 0 Å². The Bertz CT molecular complexity index is 660. The fourth-order valence-electron chi connectivity index (χ4n) is 1.31.